The first kappa shape index (κ1) is 20.5. The highest BCUT2D eigenvalue weighted by molar-refractivity contribution is 7.93. The second-order valence-electron chi connectivity index (χ2n) is 8.01. The van der Waals surface area contributed by atoms with Gasteiger partial charge < -0.3 is 14.9 Å². The van der Waals surface area contributed by atoms with Crippen molar-refractivity contribution in [1.82, 2.24) is 4.90 Å². The molecule has 8 heteroatoms. The summed E-state index contributed by atoms with van der Waals surface area (Å²) >= 11 is 0. The Morgan fingerprint density at radius 3 is 2.23 bits per heavy atom. The molecule has 2 aliphatic heterocycles. The molecule has 1 N–H and O–H groups in total. The van der Waals surface area contributed by atoms with Gasteiger partial charge in [-0.25, -0.2) is 8.42 Å². The summed E-state index contributed by atoms with van der Waals surface area (Å²) in [4.78, 5) is 17.0. The van der Waals surface area contributed by atoms with E-state index in [0.29, 0.717) is 31.6 Å². The number of anilines is 2. The second-order valence-corrected chi connectivity index (χ2v) is 10.0. The lowest BCUT2D eigenvalue weighted by Gasteiger charge is -2.37. The maximum absolute atomic E-state index is 12.9. The van der Waals surface area contributed by atoms with Crippen molar-refractivity contribution in [2.75, 3.05) is 47.7 Å². The van der Waals surface area contributed by atoms with Crippen LogP contribution in [-0.2, 0) is 10.0 Å². The fraction of sp³-hybridized carbons (Fsp3) is 0.409. The molecule has 0 unspecified atom stereocenters. The Balaban J connectivity index is 1.45. The van der Waals surface area contributed by atoms with Gasteiger partial charge in [0.2, 0.25) is 10.0 Å². The third-order valence-electron chi connectivity index (χ3n) is 5.85. The van der Waals surface area contributed by atoms with Gasteiger partial charge >= 0.3 is 0 Å². The number of phenolic OH excluding ortho intramolecular Hbond substituents is 1. The van der Waals surface area contributed by atoms with Gasteiger partial charge in [-0.05, 0) is 50.1 Å². The molecule has 0 saturated carbocycles. The molecule has 7 nitrogen and oxygen atoms in total. The van der Waals surface area contributed by atoms with Crippen LogP contribution in [0.4, 0.5) is 11.4 Å². The minimum atomic E-state index is -3.38. The monoisotopic (exact) mass is 429 g/mol. The summed E-state index contributed by atoms with van der Waals surface area (Å²) in [5.74, 6) is -0.251. The number of piperazine rings is 1. The van der Waals surface area contributed by atoms with Gasteiger partial charge in [-0.1, -0.05) is 17.7 Å². The van der Waals surface area contributed by atoms with Crippen molar-refractivity contribution in [3.05, 3.63) is 53.1 Å². The van der Waals surface area contributed by atoms with Crippen LogP contribution in [0.15, 0.2) is 36.4 Å². The van der Waals surface area contributed by atoms with E-state index < -0.39 is 10.0 Å². The Labute approximate surface area is 177 Å². The zero-order chi connectivity index (χ0) is 21.5. The number of aromatic hydroxyl groups is 1. The molecule has 0 spiro atoms. The number of aryl methyl sites for hydroxylation is 2. The molecule has 0 aliphatic carbocycles. The van der Waals surface area contributed by atoms with Gasteiger partial charge in [0.1, 0.15) is 5.75 Å². The average molecular weight is 430 g/mol. The van der Waals surface area contributed by atoms with E-state index in [1.54, 1.807) is 11.0 Å². The van der Waals surface area contributed by atoms with E-state index in [1.165, 1.54) is 33.3 Å². The Kier molecular flexibility index (Phi) is 5.36. The lowest BCUT2D eigenvalue weighted by atomic mass is 10.1. The van der Waals surface area contributed by atoms with Gasteiger partial charge in [0.25, 0.3) is 5.91 Å². The first-order valence-electron chi connectivity index (χ1n) is 10.2. The lowest BCUT2D eigenvalue weighted by molar-refractivity contribution is 0.0746. The number of rotatable bonds is 3. The molecular formula is C22H27N3O4S. The molecule has 2 fully saturated rings. The van der Waals surface area contributed by atoms with E-state index in [9.17, 15) is 18.3 Å². The highest BCUT2D eigenvalue weighted by Crippen LogP contribution is 2.33. The van der Waals surface area contributed by atoms with Crippen molar-refractivity contribution in [1.29, 1.82) is 0 Å². The molecule has 0 atom stereocenters. The number of carbonyl (C=O) groups is 1. The smallest absolute Gasteiger partial charge is 0.254 e. The summed E-state index contributed by atoms with van der Waals surface area (Å²) < 4.78 is 25.4. The molecule has 0 radical (unpaired) electrons. The van der Waals surface area contributed by atoms with Crippen LogP contribution >= 0.6 is 0 Å². The van der Waals surface area contributed by atoms with E-state index in [0.717, 1.165) is 13.1 Å². The summed E-state index contributed by atoms with van der Waals surface area (Å²) in [5, 5.41) is 10.4. The normalized spacial score (nSPS) is 18.7. The van der Waals surface area contributed by atoms with E-state index in [4.69, 9.17) is 0 Å². The molecule has 2 saturated heterocycles. The molecule has 160 valence electrons. The zero-order valence-electron chi connectivity index (χ0n) is 17.3. The molecule has 2 aromatic carbocycles. The highest BCUT2D eigenvalue weighted by atomic mass is 32.2. The number of hydrogen-bond donors (Lipinski definition) is 1. The quantitative estimate of drug-likeness (QED) is 0.811. The minimum Gasteiger partial charge on any atom is -0.506 e. The van der Waals surface area contributed by atoms with Crippen LogP contribution in [0.2, 0.25) is 0 Å². The van der Waals surface area contributed by atoms with Crippen molar-refractivity contribution in [3.8, 4) is 5.75 Å². The largest absolute Gasteiger partial charge is 0.506 e. The van der Waals surface area contributed by atoms with Gasteiger partial charge in [0, 0.05) is 44.0 Å². The molecule has 2 heterocycles. The predicted octanol–water partition coefficient (Wildman–Crippen LogP) is 2.51. The fourth-order valence-electron chi connectivity index (χ4n) is 4.27. The number of phenols is 1. The number of sulfonamides is 1. The summed E-state index contributed by atoms with van der Waals surface area (Å²) in [5.41, 5.74) is 4.26. The molecule has 2 aromatic rings. The van der Waals surface area contributed by atoms with Gasteiger partial charge in [0.15, 0.2) is 0 Å². The Bertz CT molecular complexity index is 1080. The van der Waals surface area contributed by atoms with E-state index in [2.05, 4.69) is 36.9 Å². The second kappa shape index (κ2) is 7.83. The van der Waals surface area contributed by atoms with Gasteiger partial charge in [-0.2, -0.15) is 0 Å². The number of carbonyl (C=O) groups excluding carboxylic acids is 1. The Morgan fingerprint density at radius 2 is 1.63 bits per heavy atom. The maximum Gasteiger partial charge on any atom is 0.254 e. The van der Waals surface area contributed by atoms with Crippen molar-refractivity contribution < 1.29 is 18.3 Å². The molecule has 30 heavy (non-hydrogen) atoms. The Hall–Kier alpha value is -2.74. The van der Waals surface area contributed by atoms with Crippen molar-refractivity contribution >= 4 is 27.3 Å². The van der Waals surface area contributed by atoms with Crippen LogP contribution in [0, 0.1) is 13.8 Å². The summed E-state index contributed by atoms with van der Waals surface area (Å²) in [6.07, 6.45) is 0.535. The summed E-state index contributed by atoms with van der Waals surface area (Å²) in [6, 6.07) is 10.9. The summed E-state index contributed by atoms with van der Waals surface area (Å²) in [7, 11) is -3.38. The fourth-order valence-corrected chi connectivity index (χ4v) is 5.85. The number of nitrogens with zero attached hydrogens (tertiary/aromatic N) is 3. The highest BCUT2D eigenvalue weighted by Gasteiger charge is 2.31. The summed E-state index contributed by atoms with van der Waals surface area (Å²) in [6.45, 7) is 7.20. The van der Waals surface area contributed by atoms with Crippen LogP contribution in [-0.4, -0.2) is 62.8 Å². The van der Waals surface area contributed by atoms with Gasteiger partial charge in [-0.3, -0.25) is 9.10 Å². The van der Waals surface area contributed by atoms with E-state index >= 15 is 0 Å². The van der Waals surface area contributed by atoms with Crippen LogP contribution in [0.5, 0.6) is 5.75 Å². The average Bonchev–Trinajstić information content (AvgIpc) is 3.06. The zero-order valence-corrected chi connectivity index (χ0v) is 18.2. The lowest BCUT2D eigenvalue weighted by Crippen LogP contribution is -2.49. The van der Waals surface area contributed by atoms with Gasteiger partial charge in [-0.15, -0.1) is 0 Å². The number of hydrogen-bond acceptors (Lipinski definition) is 5. The molecule has 0 aromatic heterocycles. The van der Waals surface area contributed by atoms with Crippen molar-refractivity contribution in [3.63, 3.8) is 0 Å². The molecule has 2 aliphatic rings. The topological polar surface area (TPSA) is 81.2 Å². The van der Waals surface area contributed by atoms with E-state index in [1.807, 2.05) is 0 Å². The third kappa shape index (κ3) is 3.84. The Morgan fingerprint density at radius 1 is 0.933 bits per heavy atom. The third-order valence-corrected chi connectivity index (χ3v) is 7.71. The SMILES string of the molecule is Cc1ccc(N2CCN(C(=O)c3ccc(N4CCCS4(=O)=O)c(O)c3)CC2)c(C)c1. The van der Waals surface area contributed by atoms with Crippen LogP contribution in [0.25, 0.3) is 0 Å². The first-order chi connectivity index (χ1) is 14.3. The van der Waals surface area contributed by atoms with Crippen molar-refractivity contribution in [2.45, 2.75) is 20.3 Å². The molecule has 1 amide bonds. The first-order valence-corrected chi connectivity index (χ1v) is 11.8. The van der Waals surface area contributed by atoms with E-state index in [-0.39, 0.29) is 23.1 Å². The standard InChI is InChI=1S/C22H27N3O4S/c1-16-4-6-19(17(2)14-16)23-9-11-24(12-10-23)22(27)18-5-7-20(21(26)15-18)25-8-3-13-30(25,28)29/h4-7,14-15,26H,3,8-13H2,1-2H3. The number of benzene rings is 2. The predicted molar refractivity (Wildman–Crippen MR) is 118 cm³/mol. The van der Waals surface area contributed by atoms with Crippen LogP contribution in [0.1, 0.15) is 27.9 Å². The van der Waals surface area contributed by atoms with Crippen LogP contribution in [0.3, 0.4) is 0 Å². The van der Waals surface area contributed by atoms with Gasteiger partial charge in [0.05, 0.1) is 11.4 Å². The maximum atomic E-state index is 12.9. The molecule has 4 rings (SSSR count). The van der Waals surface area contributed by atoms with Crippen molar-refractivity contribution in [2.24, 2.45) is 0 Å². The minimum absolute atomic E-state index is 0.0812. The molecule has 0 bridgehead atoms. The van der Waals surface area contributed by atoms with Crippen LogP contribution < -0.4 is 9.21 Å². The molecular weight excluding hydrogens is 402 g/mol. The number of amides is 1.